The molecule has 1 spiro atoms. The van der Waals surface area contributed by atoms with Crippen molar-refractivity contribution >= 4 is 28.2 Å². The van der Waals surface area contributed by atoms with Crippen molar-refractivity contribution in [3.63, 3.8) is 0 Å². The van der Waals surface area contributed by atoms with E-state index in [-0.39, 0.29) is 17.4 Å². The third-order valence-corrected chi connectivity index (χ3v) is 7.80. The Morgan fingerprint density at radius 1 is 1.03 bits per heavy atom. The van der Waals surface area contributed by atoms with Crippen molar-refractivity contribution in [2.75, 3.05) is 29.9 Å². The van der Waals surface area contributed by atoms with Gasteiger partial charge in [-0.05, 0) is 88.9 Å². The van der Waals surface area contributed by atoms with E-state index in [0.717, 1.165) is 66.9 Å². The summed E-state index contributed by atoms with van der Waals surface area (Å²) >= 11 is 0. The molecule has 2 saturated heterocycles. The number of rotatable bonds is 4. The summed E-state index contributed by atoms with van der Waals surface area (Å²) in [6.07, 6.45) is 2.80. The third kappa shape index (κ3) is 3.76. The predicted molar refractivity (Wildman–Crippen MR) is 134 cm³/mol. The first-order chi connectivity index (χ1) is 15.9. The lowest BCUT2D eigenvalue weighted by atomic mass is 9.77. The van der Waals surface area contributed by atoms with Crippen LogP contribution in [0.5, 0.6) is 0 Å². The zero-order valence-corrected chi connectivity index (χ0v) is 20.0. The van der Waals surface area contributed by atoms with Gasteiger partial charge in [0.15, 0.2) is 5.82 Å². The van der Waals surface area contributed by atoms with Gasteiger partial charge in [0, 0.05) is 23.0 Å². The zero-order valence-electron chi connectivity index (χ0n) is 20.0. The van der Waals surface area contributed by atoms with Crippen molar-refractivity contribution in [3.8, 4) is 0 Å². The Kier molecular flexibility index (Phi) is 5.57. The van der Waals surface area contributed by atoms with Crippen LogP contribution in [0, 0.1) is 26.2 Å². The molecule has 1 amide bonds. The minimum absolute atomic E-state index is 0.0835. The highest BCUT2D eigenvalue weighted by Gasteiger charge is 2.47. The minimum atomic E-state index is -0.190. The summed E-state index contributed by atoms with van der Waals surface area (Å²) in [4.78, 5) is 15.4. The fourth-order valence-corrected chi connectivity index (χ4v) is 5.51. The van der Waals surface area contributed by atoms with Crippen molar-refractivity contribution in [2.24, 2.45) is 5.41 Å². The summed E-state index contributed by atoms with van der Waals surface area (Å²) in [5.41, 5.74) is 5.48. The summed E-state index contributed by atoms with van der Waals surface area (Å²) in [7, 11) is 0. The maximum absolute atomic E-state index is 13.5. The Morgan fingerprint density at radius 2 is 1.82 bits per heavy atom. The van der Waals surface area contributed by atoms with Gasteiger partial charge in [-0.3, -0.25) is 4.79 Å². The van der Waals surface area contributed by atoms with E-state index in [4.69, 9.17) is 0 Å². The molecule has 2 N–H and O–H groups in total. The molecule has 1 aromatic heterocycles. The highest BCUT2D eigenvalue weighted by molar-refractivity contribution is 6.03. The van der Waals surface area contributed by atoms with E-state index >= 15 is 0 Å². The number of piperidine rings is 1. The van der Waals surface area contributed by atoms with Gasteiger partial charge in [0.1, 0.15) is 0 Å². The summed E-state index contributed by atoms with van der Waals surface area (Å²) in [6.45, 7) is 11.1. The lowest BCUT2D eigenvalue weighted by molar-refractivity contribution is -0.126. The zero-order chi connectivity index (χ0) is 23.2. The van der Waals surface area contributed by atoms with Crippen LogP contribution in [0.4, 0.5) is 11.5 Å². The fourth-order valence-electron chi connectivity index (χ4n) is 5.51. The molecule has 0 saturated carbocycles. The first kappa shape index (κ1) is 21.8. The van der Waals surface area contributed by atoms with Crippen LogP contribution < -0.4 is 15.5 Å². The molecule has 2 aliphatic heterocycles. The highest BCUT2D eigenvalue weighted by atomic mass is 16.2. The van der Waals surface area contributed by atoms with E-state index < -0.39 is 0 Å². The van der Waals surface area contributed by atoms with Gasteiger partial charge in [-0.15, -0.1) is 5.10 Å². The van der Waals surface area contributed by atoms with Crippen LogP contribution in [0.2, 0.25) is 0 Å². The molecule has 2 aliphatic rings. The van der Waals surface area contributed by atoms with Gasteiger partial charge in [0.2, 0.25) is 5.91 Å². The molecule has 2 aromatic carbocycles. The second kappa shape index (κ2) is 8.41. The van der Waals surface area contributed by atoms with Crippen LogP contribution in [-0.2, 0) is 4.79 Å². The molecule has 0 bridgehead atoms. The molecule has 0 radical (unpaired) electrons. The normalized spacial score (nSPS) is 18.8. The average molecular weight is 444 g/mol. The van der Waals surface area contributed by atoms with Gasteiger partial charge in [0.05, 0.1) is 17.2 Å². The quantitative estimate of drug-likeness (QED) is 0.604. The largest absolute Gasteiger partial charge is 0.362 e. The number of aromatic nitrogens is 2. The predicted octanol–water partition coefficient (Wildman–Crippen LogP) is 4.83. The van der Waals surface area contributed by atoms with Gasteiger partial charge in [-0.1, -0.05) is 24.3 Å². The van der Waals surface area contributed by atoms with Crippen molar-refractivity contribution in [3.05, 3.63) is 58.8 Å². The molecule has 6 heteroatoms. The summed E-state index contributed by atoms with van der Waals surface area (Å²) in [5.74, 6) is 1.04. The van der Waals surface area contributed by atoms with Crippen molar-refractivity contribution in [1.29, 1.82) is 0 Å². The monoisotopic (exact) mass is 443 g/mol. The number of carbonyl (C=O) groups is 1. The van der Waals surface area contributed by atoms with Crippen LogP contribution in [-0.4, -0.2) is 35.7 Å². The molecule has 1 atom stereocenters. The molecule has 2 fully saturated rings. The number of anilines is 2. The second-order valence-corrected chi connectivity index (χ2v) is 9.76. The summed E-state index contributed by atoms with van der Waals surface area (Å²) < 4.78 is 0. The molecular formula is C27H33N5O. The number of nitrogens with zero attached hydrogens (tertiary/aromatic N) is 3. The van der Waals surface area contributed by atoms with Crippen LogP contribution >= 0.6 is 0 Å². The smallest absolute Gasteiger partial charge is 0.233 e. The van der Waals surface area contributed by atoms with E-state index in [2.05, 4.69) is 78.0 Å². The van der Waals surface area contributed by atoms with Crippen LogP contribution in [0.1, 0.15) is 54.6 Å². The SMILES string of the molecule is Cc1cccc([C@@H](C)Nc2nnc(C)c3ccc(N4CCC5(CCNCC5)C4=O)cc23)c1C. The molecular weight excluding hydrogens is 410 g/mol. The average Bonchev–Trinajstić information content (AvgIpc) is 3.13. The van der Waals surface area contributed by atoms with Crippen LogP contribution in [0.25, 0.3) is 10.8 Å². The van der Waals surface area contributed by atoms with Gasteiger partial charge >= 0.3 is 0 Å². The third-order valence-electron chi connectivity index (χ3n) is 7.80. The van der Waals surface area contributed by atoms with Gasteiger partial charge in [-0.25, -0.2) is 0 Å². The Hall–Kier alpha value is -2.99. The van der Waals surface area contributed by atoms with Crippen molar-refractivity contribution in [2.45, 2.75) is 53.0 Å². The lowest BCUT2D eigenvalue weighted by Crippen LogP contribution is -2.42. The number of hydrogen-bond acceptors (Lipinski definition) is 5. The number of fused-ring (bicyclic) bond motifs is 1. The Balaban J connectivity index is 1.49. The van der Waals surface area contributed by atoms with E-state index in [1.54, 1.807) is 0 Å². The molecule has 172 valence electrons. The minimum Gasteiger partial charge on any atom is -0.362 e. The van der Waals surface area contributed by atoms with E-state index in [1.807, 2.05) is 11.8 Å². The molecule has 5 rings (SSSR count). The van der Waals surface area contributed by atoms with Crippen molar-refractivity contribution in [1.82, 2.24) is 15.5 Å². The number of carbonyl (C=O) groups excluding carboxylic acids is 1. The van der Waals surface area contributed by atoms with E-state index in [9.17, 15) is 4.79 Å². The second-order valence-electron chi connectivity index (χ2n) is 9.76. The van der Waals surface area contributed by atoms with Gasteiger partial charge in [0.25, 0.3) is 0 Å². The van der Waals surface area contributed by atoms with Gasteiger partial charge < -0.3 is 15.5 Å². The maximum atomic E-state index is 13.5. The Bertz CT molecular complexity index is 1210. The number of hydrogen-bond donors (Lipinski definition) is 2. The number of aryl methyl sites for hydroxylation is 2. The number of benzene rings is 2. The molecule has 3 heterocycles. The number of nitrogens with one attached hydrogen (secondary N) is 2. The first-order valence-electron chi connectivity index (χ1n) is 12.0. The molecule has 3 aromatic rings. The standard InChI is InChI=1S/C27H33N5O/c1-17-6-5-7-22(18(17)2)19(3)29-25-24-16-21(8-9-23(24)20(4)30-31-25)32-15-12-27(26(32)33)10-13-28-14-11-27/h5-9,16,19,28H,10-15H2,1-4H3,(H,29,31)/t19-/m1/s1. The van der Waals surface area contributed by atoms with Gasteiger partial charge in [-0.2, -0.15) is 5.10 Å². The van der Waals surface area contributed by atoms with Crippen LogP contribution in [0.3, 0.4) is 0 Å². The summed E-state index contributed by atoms with van der Waals surface area (Å²) in [6, 6.07) is 12.8. The molecule has 6 nitrogen and oxygen atoms in total. The first-order valence-corrected chi connectivity index (χ1v) is 12.0. The molecule has 0 aliphatic carbocycles. The fraction of sp³-hybridized carbons (Fsp3) is 0.444. The Morgan fingerprint density at radius 3 is 2.61 bits per heavy atom. The van der Waals surface area contributed by atoms with Crippen molar-refractivity contribution < 1.29 is 4.79 Å². The number of amides is 1. The molecule has 33 heavy (non-hydrogen) atoms. The summed E-state index contributed by atoms with van der Waals surface area (Å²) in [5, 5.41) is 18.0. The highest BCUT2D eigenvalue weighted by Crippen LogP contribution is 2.42. The van der Waals surface area contributed by atoms with Crippen LogP contribution in [0.15, 0.2) is 36.4 Å². The van der Waals surface area contributed by atoms with E-state index in [0.29, 0.717) is 0 Å². The van der Waals surface area contributed by atoms with E-state index in [1.165, 1.54) is 16.7 Å². The topological polar surface area (TPSA) is 70.2 Å². The lowest BCUT2D eigenvalue weighted by Gasteiger charge is -2.32. The molecule has 0 unspecified atom stereocenters. The maximum Gasteiger partial charge on any atom is 0.233 e. The Labute approximate surface area is 195 Å².